The normalized spacial score (nSPS) is 16.6. The van der Waals surface area contributed by atoms with Gasteiger partial charge in [-0.1, -0.05) is 13.0 Å². The van der Waals surface area contributed by atoms with E-state index >= 15 is 0 Å². The number of aromatic nitrogens is 4. The van der Waals surface area contributed by atoms with Crippen molar-refractivity contribution in [3.05, 3.63) is 69.6 Å². The average Bonchev–Trinajstić information content (AvgIpc) is 3.35. The summed E-state index contributed by atoms with van der Waals surface area (Å²) in [4.78, 5) is 22.2. The van der Waals surface area contributed by atoms with E-state index in [2.05, 4.69) is 20.4 Å². The van der Waals surface area contributed by atoms with Crippen molar-refractivity contribution in [3.63, 3.8) is 0 Å². The molecule has 3 aromatic heterocycles. The van der Waals surface area contributed by atoms with Gasteiger partial charge < -0.3 is 5.32 Å². The minimum atomic E-state index is -4.77. The van der Waals surface area contributed by atoms with Crippen molar-refractivity contribution in [1.82, 2.24) is 19.7 Å². The summed E-state index contributed by atoms with van der Waals surface area (Å²) < 4.78 is 42.9. The quantitative estimate of drug-likeness (QED) is 0.664. The number of hydrogen-bond donors (Lipinski definition) is 1. The van der Waals surface area contributed by atoms with Crippen LogP contribution in [0.5, 0.6) is 0 Å². The Hall–Kier alpha value is -3.01. The molecule has 0 unspecified atom stereocenters. The van der Waals surface area contributed by atoms with Crippen LogP contribution in [0.2, 0.25) is 0 Å². The van der Waals surface area contributed by atoms with Gasteiger partial charge in [0.25, 0.3) is 0 Å². The second kappa shape index (κ2) is 6.86. The lowest BCUT2D eigenvalue weighted by molar-refractivity contribution is -0.0918. The van der Waals surface area contributed by atoms with Crippen LogP contribution >= 0.6 is 11.3 Å². The third-order valence-corrected chi connectivity index (χ3v) is 5.59. The second-order valence-corrected chi connectivity index (χ2v) is 7.25. The van der Waals surface area contributed by atoms with Gasteiger partial charge in [-0.2, -0.15) is 23.3 Å². The molecule has 0 amide bonds. The summed E-state index contributed by atoms with van der Waals surface area (Å²) >= 11 is 1.19. The average molecular weight is 405 g/mol. The monoisotopic (exact) mass is 405 g/mol. The lowest BCUT2D eigenvalue weighted by Gasteiger charge is -2.30. The summed E-state index contributed by atoms with van der Waals surface area (Å²) in [5.41, 5.74) is -1.14. The van der Waals surface area contributed by atoms with Crippen molar-refractivity contribution < 1.29 is 18.0 Å². The number of allylic oxidation sites excluding steroid dienone is 2. The van der Waals surface area contributed by atoms with Gasteiger partial charge in [-0.25, -0.2) is 4.68 Å². The minimum absolute atomic E-state index is 0.0850. The maximum absolute atomic E-state index is 13.9. The number of hydrogen-bond acceptors (Lipinski definition) is 6. The molecule has 0 bridgehead atoms. The van der Waals surface area contributed by atoms with Crippen molar-refractivity contribution >= 4 is 23.1 Å². The molecular weight excluding hydrogens is 391 g/mol. The van der Waals surface area contributed by atoms with Crippen molar-refractivity contribution in [2.75, 3.05) is 5.32 Å². The van der Waals surface area contributed by atoms with Crippen LogP contribution in [0.1, 0.15) is 33.1 Å². The van der Waals surface area contributed by atoms with Crippen LogP contribution in [-0.4, -0.2) is 31.7 Å². The standard InChI is InChI=1S/C18H14F3N5OS/c1-2-11-5-6-12(28-11)15(27)13-14(10-4-3-7-22-8-10)26-17(23-9-24-26)25-16(13)18(19,20)21/h3-9,14H,2H2,1H3,(H,23,24,25)/t14-/m1/s1. The topological polar surface area (TPSA) is 72.7 Å². The van der Waals surface area contributed by atoms with Crippen LogP contribution in [0.3, 0.4) is 0 Å². The Labute approximate surface area is 161 Å². The van der Waals surface area contributed by atoms with Gasteiger partial charge in [0.2, 0.25) is 11.7 Å². The fourth-order valence-electron chi connectivity index (χ4n) is 3.10. The molecule has 144 valence electrons. The molecule has 0 radical (unpaired) electrons. The summed E-state index contributed by atoms with van der Waals surface area (Å²) in [5, 5.41) is 6.29. The number of anilines is 1. The number of pyridine rings is 1. The molecular formula is C18H14F3N5OS. The van der Waals surface area contributed by atoms with E-state index in [0.717, 1.165) is 11.2 Å². The van der Waals surface area contributed by atoms with E-state index in [1.165, 1.54) is 28.4 Å². The van der Waals surface area contributed by atoms with Gasteiger partial charge in [0, 0.05) is 17.3 Å². The molecule has 3 aromatic rings. The van der Waals surface area contributed by atoms with Crippen LogP contribution in [0, 0.1) is 0 Å². The third kappa shape index (κ3) is 3.09. The Balaban J connectivity index is 1.94. The number of halogens is 3. The number of aryl methyl sites for hydroxylation is 1. The van der Waals surface area contributed by atoms with Gasteiger partial charge in [-0.3, -0.25) is 9.78 Å². The second-order valence-electron chi connectivity index (χ2n) is 6.08. The Morgan fingerprint density at radius 1 is 1.32 bits per heavy atom. The molecule has 28 heavy (non-hydrogen) atoms. The van der Waals surface area contributed by atoms with Crippen LogP contribution in [0.25, 0.3) is 0 Å². The predicted molar refractivity (Wildman–Crippen MR) is 97.1 cm³/mol. The maximum atomic E-state index is 13.9. The van der Waals surface area contributed by atoms with Gasteiger partial charge in [-0.15, -0.1) is 11.3 Å². The first-order valence-corrected chi connectivity index (χ1v) is 9.23. The summed E-state index contributed by atoms with van der Waals surface area (Å²) in [5.74, 6) is -0.780. The fraction of sp³-hybridized carbons (Fsp3) is 0.222. The molecule has 1 atom stereocenters. The van der Waals surface area contributed by atoms with Crippen LogP contribution in [0.15, 0.2) is 54.3 Å². The summed E-state index contributed by atoms with van der Waals surface area (Å²) in [6.07, 6.45) is 0.00564. The molecule has 1 aliphatic rings. The zero-order chi connectivity index (χ0) is 19.9. The number of alkyl halides is 3. The molecule has 10 heteroatoms. The highest BCUT2D eigenvalue weighted by atomic mass is 32.1. The number of nitrogens with zero attached hydrogens (tertiary/aromatic N) is 4. The molecule has 0 aromatic carbocycles. The largest absolute Gasteiger partial charge is 0.431 e. The Morgan fingerprint density at radius 2 is 2.14 bits per heavy atom. The van der Waals surface area contributed by atoms with E-state index in [1.54, 1.807) is 24.3 Å². The molecule has 6 nitrogen and oxygen atoms in total. The number of carbonyl (C=O) groups is 1. The fourth-order valence-corrected chi connectivity index (χ4v) is 4.00. The lowest BCUT2D eigenvalue weighted by Crippen LogP contribution is -2.35. The highest BCUT2D eigenvalue weighted by Gasteiger charge is 2.46. The zero-order valence-corrected chi connectivity index (χ0v) is 15.4. The van der Waals surface area contributed by atoms with Crippen molar-refractivity contribution in [3.8, 4) is 0 Å². The van der Waals surface area contributed by atoms with Crippen LogP contribution in [-0.2, 0) is 6.42 Å². The molecule has 4 heterocycles. The Morgan fingerprint density at radius 3 is 2.79 bits per heavy atom. The van der Waals surface area contributed by atoms with Crippen molar-refractivity contribution in [1.29, 1.82) is 0 Å². The highest BCUT2D eigenvalue weighted by Crippen LogP contribution is 2.42. The van der Waals surface area contributed by atoms with Gasteiger partial charge in [0.1, 0.15) is 18.1 Å². The summed E-state index contributed by atoms with van der Waals surface area (Å²) in [6, 6.07) is 5.43. The molecule has 0 saturated heterocycles. The lowest BCUT2D eigenvalue weighted by atomic mass is 9.92. The summed E-state index contributed by atoms with van der Waals surface area (Å²) in [7, 11) is 0. The van der Waals surface area contributed by atoms with E-state index in [9.17, 15) is 18.0 Å². The van der Waals surface area contributed by atoms with Crippen molar-refractivity contribution in [2.45, 2.75) is 25.6 Å². The molecule has 0 fully saturated rings. The number of ketones is 1. The molecule has 1 N–H and O–H groups in total. The first-order chi connectivity index (χ1) is 13.4. The number of carbonyl (C=O) groups excluding carboxylic acids is 1. The van der Waals surface area contributed by atoms with Gasteiger partial charge in [0.15, 0.2) is 0 Å². The highest BCUT2D eigenvalue weighted by molar-refractivity contribution is 7.14. The maximum Gasteiger partial charge on any atom is 0.431 e. The number of rotatable bonds is 4. The van der Waals surface area contributed by atoms with E-state index in [0.29, 0.717) is 12.0 Å². The van der Waals surface area contributed by atoms with Gasteiger partial charge in [-0.05, 0) is 30.2 Å². The first kappa shape index (κ1) is 18.4. The molecule has 4 rings (SSSR count). The van der Waals surface area contributed by atoms with E-state index in [1.807, 2.05) is 6.92 Å². The third-order valence-electron chi connectivity index (χ3n) is 4.36. The SMILES string of the molecule is CCc1ccc(C(=O)C2=C(C(F)(F)F)Nc3ncnn3[C@@H]2c2cccnc2)s1. The molecule has 0 saturated carbocycles. The van der Waals surface area contributed by atoms with Gasteiger partial charge in [0.05, 0.1) is 10.5 Å². The number of Topliss-reactive ketones (excluding diaryl/α,β-unsaturated/α-hetero) is 1. The summed E-state index contributed by atoms with van der Waals surface area (Å²) in [6.45, 7) is 1.92. The van der Waals surface area contributed by atoms with E-state index < -0.39 is 29.3 Å². The Kier molecular flexibility index (Phi) is 4.50. The Bertz CT molecular complexity index is 1050. The zero-order valence-electron chi connectivity index (χ0n) is 14.6. The minimum Gasteiger partial charge on any atom is -0.320 e. The number of fused-ring (bicyclic) bond motifs is 1. The molecule has 0 spiro atoms. The van der Waals surface area contributed by atoms with E-state index in [-0.39, 0.29) is 10.8 Å². The molecule has 0 aliphatic carbocycles. The van der Waals surface area contributed by atoms with Crippen LogP contribution < -0.4 is 5.32 Å². The molecule has 1 aliphatic heterocycles. The van der Waals surface area contributed by atoms with E-state index in [4.69, 9.17) is 0 Å². The smallest absolute Gasteiger partial charge is 0.320 e. The first-order valence-electron chi connectivity index (χ1n) is 8.41. The van der Waals surface area contributed by atoms with Crippen LogP contribution in [0.4, 0.5) is 19.1 Å². The van der Waals surface area contributed by atoms with Crippen molar-refractivity contribution in [2.24, 2.45) is 0 Å². The van der Waals surface area contributed by atoms with Gasteiger partial charge >= 0.3 is 6.18 Å². The number of nitrogens with one attached hydrogen (secondary N) is 1. The predicted octanol–water partition coefficient (Wildman–Crippen LogP) is 4.01. The number of thiophene rings is 1.